The van der Waals surface area contributed by atoms with Crippen LogP contribution in [0, 0.1) is 5.41 Å². The number of rotatable bonds is 8. The maximum Gasteiger partial charge on any atom is 0.422 e. The molecule has 1 saturated heterocycles. The van der Waals surface area contributed by atoms with Gasteiger partial charge in [-0.25, -0.2) is 19.5 Å². The van der Waals surface area contributed by atoms with E-state index in [1.807, 2.05) is 6.07 Å². The molecule has 0 bridgehead atoms. The predicted molar refractivity (Wildman–Crippen MR) is 143 cm³/mol. The van der Waals surface area contributed by atoms with E-state index in [0.29, 0.717) is 34.5 Å². The molecular formula is C26H32ClN5O7. The average molecular weight is 562 g/mol. The Balaban J connectivity index is 0.00000420. The fourth-order valence-electron chi connectivity index (χ4n) is 4.56. The zero-order chi connectivity index (χ0) is 27.6. The van der Waals surface area contributed by atoms with Crippen molar-refractivity contribution in [2.75, 3.05) is 20.8 Å². The summed E-state index contributed by atoms with van der Waals surface area (Å²) in [5.41, 5.74) is -0.119. The molecule has 210 valence electrons. The van der Waals surface area contributed by atoms with Crippen LogP contribution in [0.3, 0.4) is 0 Å². The molecule has 39 heavy (non-hydrogen) atoms. The summed E-state index contributed by atoms with van der Waals surface area (Å²) < 4.78 is 18.3. The lowest BCUT2D eigenvalue weighted by atomic mass is 9.87. The number of pyridine rings is 1. The Morgan fingerprint density at radius 2 is 1.97 bits per heavy atom. The van der Waals surface area contributed by atoms with Gasteiger partial charge in [-0.3, -0.25) is 4.79 Å². The third-order valence-corrected chi connectivity index (χ3v) is 6.46. The highest BCUT2D eigenvalue weighted by Gasteiger charge is 2.48. The van der Waals surface area contributed by atoms with E-state index < -0.39 is 35.7 Å². The van der Waals surface area contributed by atoms with Crippen molar-refractivity contribution in [2.24, 2.45) is 5.41 Å². The van der Waals surface area contributed by atoms with Gasteiger partial charge in [-0.2, -0.15) is 10.1 Å². The molecule has 12 nitrogen and oxygen atoms in total. The molecule has 1 amide bonds. The van der Waals surface area contributed by atoms with E-state index >= 15 is 0 Å². The number of nitrogens with zero attached hydrogens (tertiary/aromatic N) is 5. The van der Waals surface area contributed by atoms with Crippen molar-refractivity contribution in [3.05, 3.63) is 42.7 Å². The van der Waals surface area contributed by atoms with Crippen LogP contribution in [0.15, 0.2) is 42.7 Å². The lowest BCUT2D eigenvalue weighted by molar-refractivity contribution is -0.157. The lowest BCUT2D eigenvalue weighted by Gasteiger charge is -2.41. The number of benzene rings is 1. The number of halogens is 1. The summed E-state index contributed by atoms with van der Waals surface area (Å²) in [6, 6.07) is 6.88. The van der Waals surface area contributed by atoms with Crippen LogP contribution in [-0.2, 0) is 14.3 Å². The number of esters is 1. The number of fused-ring (bicyclic) bond motifs is 1. The minimum atomic E-state index is -1.35. The zero-order valence-corrected chi connectivity index (χ0v) is 23.1. The first-order valence-electron chi connectivity index (χ1n) is 12.0. The maximum absolute atomic E-state index is 12.7. The number of hydrogen-bond acceptors (Lipinski definition) is 9. The Morgan fingerprint density at radius 1 is 1.23 bits per heavy atom. The molecule has 3 aromatic rings. The van der Waals surface area contributed by atoms with Gasteiger partial charge >= 0.3 is 12.1 Å². The molecule has 0 unspecified atom stereocenters. The molecule has 2 aromatic heterocycles. The van der Waals surface area contributed by atoms with Crippen molar-refractivity contribution >= 4 is 41.7 Å². The quantitative estimate of drug-likeness (QED) is 0.322. The van der Waals surface area contributed by atoms with Crippen molar-refractivity contribution in [1.29, 1.82) is 0 Å². The number of carboxylic acid groups (broad SMARTS) is 1. The number of ether oxygens (including phenoxy) is 3. The second-order valence-corrected chi connectivity index (χ2v) is 10.0. The molecule has 3 heterocycles. The van der Waals surface area contributed by atoms with Gasteiger partial charge in [0.15, 0.2) is 5.82 Å². The van der Waals surface area contributed by atoms with Crippen LogP contribution in [0.25, 0.3) is 16.7 Å². The predicted octanol–water partition coefficient (Wildman–Crippen LogP) is 3.35. The van der Waals surface area contributed by atoms with E-state index in [2.05, 4.69) is 10.1 Å². The summed E-state index contributed by atoms with van der Waals surface area (Å²) in [6.07, 6.45) is 2.15. The van der Waals surface area contributed by atoms with Gasteiger partial charge in [0.1, 0.15) is 36.0 Å². The van der Waals surface area contributed by atoms with Crippen LogP contribution < -0.4 is 9.47 Å². The van der Waals surface area contributed by atoms with Crippen LogP contribution in [0.1, 0.15) is 27.2 Å². The van der Waals surface area contributed by atoms with Gasteiger partial charge in [0.2, 0.25) is 0 Å². The molecule has 0 aliphatic carbocycles. The average Bonchev–Trinajstić information content (AvgIpc) is 3.56. The number of carbonyl (C=O) groups is 3. The van der Waals surface area contributed by atoms with Gasteiger partial charge in [0, 0.05) is 36.3 Å². The molecule has 1 fully saturated rings. The highest BCUT2D eigenvalue weighted by atomic mass is 35.5. The van der Waals surface area contributed by atoms with Gasteiger partial charge < -0.3 is 24.1 Å². The van der Waals surface area contributed by atoms with E-state index in [0.717, 1.165) is 5.01 Å². The third kappa shape index (κ3) is 6.07. The minimum Gasteiger partial charge on any atom is -0.497 e. The number of hydrogen-bond donors (Lipinski definition) is 1. The van der Waals surface area contributed by atoms with Crippen molar-refractivity contribution in [2.45, 2.75) is 45.4 Å². The first-order chi connectivity index (χ1) is 18.1. The molecule has 4 rings (SSSR count). The van der Waals surface area contributed by atoms with Gasteiger partial charge in [0.05, 0.1) is 26.3 Å². The van der Waals surface area contributed by atoms with E-state index in [1.165, 1.54) is 12.1 Å². The Labute approximate surface area is 231 Å². The normalized spacial score (nSPS) is 18.2. The third-order valence-electron chi connectivity index (χ3n) is 6.46. The molecule has 3 atom stereocenters. The fourth-order valence-corrected chi connectivity index (χ4v) is 4.56. The van der Waals surface area contributed by atoms with Crippen molar-refractivity contribution < 1.29 is 33.7 Å². The van der Waals surface area contributed by atoms with Crippen LogP contribution in [0.5, 0.6) is 11.5 Å². The number of hydrazine groups is 1. The number of carbonyl (C=O) groups excluding carboxylic acids is 2. The van der Waals surface area contributed by atoms with Gasteiger partial charge in [-0.15, -0.1) is 12.4 Å². The molecule has 0 radical (unpaired) electrons. The number of aldehydes is 1. The van der Waals surface area contributed by atoms with Crippen LogP contribution in [0.4, 0.5) is 4.79 Å². The van der Waals surface area contributed by atoms with Crippen LogP contribution in [-0.4, -0.2) is 87.2 Å². The number of amides is 1. The van der Waals surface area contributed by atoms with E-state index in [1.54, 1.807) is 69.2 Å². The van der Waals surface area contributed by atoms with E-state index in [4.69, 9.17) is 14.2 Å². The Bertz CT molecular complexity index is 1330. The second-order valence-electron chi connectivity index (χ2n) is 10.0. The lowest BCUT2D eigenvalue weighted by Crippen LogP contribution is -2.59. The minimum absolute atomic E-state index is 0. The molecule has 1 aromatic carbocycles. The molecule has 1 aliphatic rings. The molecule has 0 spiro atoms. The fraction of sp³-hybridized carbons (Fsp3) is 0.423. The standard InChI is InChI=1S/C26H31N5O7.ClH/c1-26(2,3)22(15-32)31(25(34)35)30-14-17(12-20(30)24(33)37-5)38-21-13-23(29-10-6-9-27-29)28-19-11-16(36-4)7-8-18(19)21;/h6-11,13,15,17,20,22H,12,14H2,1-5H3,(H,34,35);1H/t17-,20+,22-;/m1./s1. The van der Waals surface area contributed by atoms with Crippen molar-refractivity contribution in [3.63, 3.8) is 0 Å². The van der Waals surface area contributed by atoms with Crippen LogP contribution in [0.2, 0.25) is 0 Å². The Morgan fingerprint density at radius 3 is 2.54 bits per heavy atom. The zero-order valence-electron chi connectivity index (χ0n) is 22.3. The monoisotopic (exact) mass is 561 g/mol. The van der Waals surface area contributed by atoms with E-state index in [-0.39, 0.29) is 25.4 Å². The molecule has 1 N–H and O–H groups in total. The summed E-state index contributed by atoms with van der Waals surface area (Å²) in [5, 5.41) is 17.3. The SMILES string of the molecule is COC(=O)[C@@H]1C[C@@H](Oc2cc(-n3cccn3)nc3cc(OC)ccc23)CN1N(C(=O)O)[C@H](C=O)C(C)(C)C.Cl. The van der Waals surface area contributed by atoms with Crippen molar-refractivity contribution in [1.82, 2.24) is 24.8 Å². The smallest absolute Gasteiger partial charge is 0.422 e. The molecular weight excluding hydrogens is 530 g/mol. The summed E-state index contributed by atoms with van der Waals surface area (Å²) in [6.45, 7) is 5.30. The first-order valence-corrected chi connectivity index (χ1v) is 12.0. The topological polar surface area (TPSA) is 136 Å². The number of aromatic nitrogens is 3. The van der Waals surface area contributed by atoms with Crippen molar-refractivity contribution in [3.8, 4) is 17.3 Å². The van der Waals surface area contributed by atoms with Gasteiger partial charge in [-0.05, 0) is 23.6 Å². The number of methoxy groups -OCH3 is 2. The van der Waals surface area contributed by atoms with Crippen LogP contribution >= 0.6 is 12.4 Å². The highest BCUT2D eigenvalue weighted by Crippen LogP contribution is 2.34. The summed E-state index contributed by atoms with van der Waals surface area (Å²) in [4.78, 5) is 41.8. The highest BCUT2D eigenvalue weighted by molar-refractivity contribution is 5.87. The second kappa shape index (κ2) is 11.9. The van der Waals surface area contributed by atoms with E-state index in [9.17, 15) is 19.5 Å². The molecule has 0 saturated carbocycles. The maximum atomic E-state index is 12.7. The molecule has 1 aliphatic heterocycles. The Hall–Kier alpha value is -3.90. The summed E-state index contributed by atoms with van der Waals surface area (Å²) >= 11 is 0. The Kier molecular flexibility index (Phi) is 9.03. The van der Waals surface area contributed by atoms with Gasteiger partial charge in [0.25, 0.3) is 0 Å². The first kappa shape index (κ1) is 29.7. The summed E-state index contributed by atoms with van der Waals surface area (Å²) in [7, 11) is 2.80. The summed E-state index contributed by atoms with van der Waals surface area (Å²) in [5.74, 6) is 0.974. The molecule has 13 heteroatoms. The van der Waals surface area contributed by atoms with Gasteiger partial charge in [-0.1, -0.05) is 20.8 Å². The largest absolute Gasteiger partial charge is 0.497 e.